The fourth-order valence-electron chi connectivity index (χ4n) is 7.97. The molecule has 0 saturated carbocycles. The van der Waals surface area contributed by atoms with Gasteiger partial charge in [0.25, 0.3) is 0 Å². The van der Waals surface area contributed by atoms with Crippen molar-refractivity contribution >= 4 is 17.9 Å². The lowest BCUT2D eigenvalue weighted by Crippen LogP contribution is -2.30. The van der Waals surface area contributed by atoms with E-state index in [1.165, 1.54) is 51.4 Å². The normalized spacial score (nSPS) is 13.4. The maximum Gasteiger partial charge on any atom is 0.309 e. The Kier molecular flexibility index (Phi) is 61.5. The van der Waals surface area contributed by atoms with Crippen molar-refractivity contribution in [3.05, 3.63) is 182 Å². The van der Waals surface area contributed by atoms with Crippen LogP contribution in [0.4, 0.5) is 0 Å². The smallest absolute Gasteiger partial charge is 0.309 e. The van der Waals surface area contributed by atoms with Gasteiger partial charge in [0.2, 0.25) is 0 Å². The summed E-state index contributed by atoms with van der Waals surface area (Å²) in [5.74, 6) is -1.12. The van der Waals surface area contributed by atoms with Crippen LogP contribution in [0.5, 0.6) is 0 Å². The van der Waals surface area contributed by atoms with Crippen molar-refractivity contribution in [2.75, 3.05) is 13.2 Å². The molecule has 0 heterocycles. The van der Waals surface area contributed by atoms with Gasteiger partial charge in [-0.05, 0) is 141 Å². The lowest BCUT2D eigenvalue weighted by molar-refractivity contribution is -0.166. The third kappa shape index (κ3) is 63.3. The van der Waals surface area contributed by atoms with Gasteiger partial charge < -0.3 is 14.2 Å². The van der Waals surface area contributed by atoms with Crippen LogP contribution in [0.25, 0.3) is 0 Å². The first-order valence-electron chi connectivity index (χ1n) is 31.8. The molecule has 0 aromatic carbocycles. The van der Waals surface area contributed by atoms with Crippen LogP contribution >= 0.6 is 0 Å². The highest BCUT2D eigenvalue weighted by Gasteiger charge is 2.19. The second-order valence-corrected chi connectivity index (χ2v) is 20.2. The Hall–Kier alpha value is -5.49. The van der Waals surface area contributed by atoms with Gasteiger partial charge in [-0.2, -0.15) is 0 Å². The molecule has 0 spiro atoms. The highest BCUT2D eigenvalue weighted by Crippen LogP contribution is 2.13. The predicted octanol–water partition coefficient (Wildman–Crippen LogP) is 22.0. The molecule has 0 fully saturated rings. The molecule has 0 aliphatic heterocycles. The van der Waals surface area contributed by atoms with E-state index >= 15 is 0 Å². The summed E-state index contributed by atoms with van der Waals surface area (Å²) in [5, 5.41) is 0. The third-order valence-corrected chi connectivity index (χ3v) is 12.7. The summed E-state index contributed by atoms with van der Waals surface area (Å²) in [5.41, 5.74) is 0. The molecule has 0 aliphatic rings. The number of rotatable bonds is 55. The van der Waals surface area contributed by atoms with Gasteiger partial charge in [0, 0.05) is 12.8 Å². The molecule has 0 aromatic rings. The first-order chi connectivity index (χ1) is 39.5. The van der Waals surface area contributed by atoms with Crippen molar-refractivity contribution in [2.45, 2.75) is 252 Å². The molecule has 0 radical (unpaired) electrons. The lowest BCUT2D eigenvalue weighted by Gasteiger charge is -2.18. The summed E-state index contributed by atoms with van der Waals surface area (Å²) in [6.45, 7) is 6.27. The number of ether oxygens (including phenoxy) is 3. The molecule has 80 heavy (non-hydrogen) atoms. The molecule has 1 atom stereocenters. The summed E-state index contributed by atoms with van der Waals surface area (Å²) in [7, 11) is 0. The number of carbonyl (C=O) groups is 3. The van der Waals surface area contributed by atoms with Gasteiger partial charge in [0.15, 0.2) is 6.10 Å². The van der Waals surface area contributed by atoms with Crippen LogP contribution in [0.15, 0.2) is 182 Å². The van der Waals surface area contributed by atoms with E-state index < -0.39 is 12.1 Å². The fraction of sp³-hybridized carbons (Fsp3) is 0.554. The van der Waals surface area contributed by atoms with Gasteiger partial charge in [0.1, 0.15) is 13.2 Å². The van der Waals surface area contributed by atoms with E-state index in [2.05, 4.69) is 191 Å². The molecule has 0 rings (SSSR count). The molecule has 1 unspecified atom stereocenters. The van der Waals surface area contributed by atoms with E-state index in [0.29, 0.717) is 6.42 Å². The Labute approximate surface area is 491 Å². The molecule has 6 nitrogen and oxygen atoms in total. The van der Waals surface area contributed by atoms with Gasteiger partial charge in [-0.1, -0.05) is 267 Å². The summed E-state index contributed by atoms with van der Waals surface area (Å²) >= 11 is 0. The van der Waals surface area contributed by atoms with Gasteiger partial charge in [-0.25, -0.2) is 0 Å². The van der Waals surface area contributed by atoms with E-state index in [1.807, 2.05) is 6.08 Å². The quantitative estimate of drug-likeness (QED) is 0.0261. The summed E-state index contributed by atoms with van der Waals surface area (Å²) < 4.78 is 16.8. The lowest BCUT2D eigenvalue weighted by atomic mass is 10.1. The maximum absolute atomic E-state index is 12.9. The van der Waals surface area contributed by atoms with Crippen LogP contribution in [0.1, 0.15) is 245 Å². The van der Waals surface area contributed by atoms with Gasteiger partial charge in [-0.3, -0.25) is 14.4 Å². The van der Waals surface area contributed by atoms with Crippen molar-refractivity contribution in [3.63, 3.8) is 0 Å². The van der Waals surface area contributed by atoms with Crippen molar-refractivity contribution < 1.29 is 28.6 Å². The molecule has 0 saturated heterocycles. The number of allylic oxidation sites excluding steroid dienone is 29. The van der Waals surface area contributed by atoms with Crippen LogP contribution in [0.2, 0.25) is 0 Å². The topological polar surface area (TPSA) is 78.9 Å². The highest BCUT2D eigenvalue weighted by atomic mass is 16.6. The van der Waals surface area contributed by atoms with Gasteiger partial charge in [-0.15, -0.1) is 0 Å². The van der Waals surface area contributed by atoms with E-state index in [4.69, 9.17) is 14.2 Å². The average Bonchev–Trinajstić information content (AvgIpc) is 3.46. The van der Waals surface area contributed by atoms with Gasteiger partial charge >= 0.3 is 17.9 Å². The molecular formula is C74H114O6. The highest BCUT2D eigenvalue weighted by molar-refractivity contribution is 5.72. The molecule has 0 N–H and O–H groups in total. The fourth-order valence-corrected chi connectivity index (χ4v) is 7.97. The monoisotopic (exact) mass is 1100 g/mol. The summed E-state index contributed by atoms with van der Waals surface area (Å²) in [6.07, 6.45) is 99.2. The summed E-state index contributed by atoms with van der Waals surface area (Å²) in [4.78, 5) is 38.2. The van der Waals surface area contributed by atoms with E-state index in [0.717, 1.165) is 154 Å². The molecular weight excluding hydrogens is 985 g/mol. The molecule has 6 heteroatoms. The molecule has 0 amide bonds. The Balaban J connectivity index is 4.50. The van der Waals surface area contributed by atoms with Crippen LogP contribution in [-0.4, -0.2) is 37.2 Å². The zero-order valence-corrected chi connectivity index (χ0v) is 51.0. The number of hydrogen-bond acceptors (Lipinski definition) is 6. The summed E-state index contributed by atoms with van der Waals surface area (Å²) in [6, 6.07) is 0. The Morgan fingerprint density at radius 2 is 0.537 bits per heavy atom. The Bertz CT molecular complexity index is 1890. The third-order valence-electron chi connectivity index (χ3n) is 12.7. The largest absolute Gasteiger partial charge is 0.462 e. The maximum atomic E-state index is 12.9. The van der Waals surface area contributed by atoms with Crippen LogP contribution < -0.4 is 0 Å². The number of hydrogen-bond donors (Lipinski definition) is 0. The van der Waals surface area contributed by atoms with Crippen LogP contribution in [0.3, 0.4) is 0 Å². The van der Waals surface area contributed by atoms with Crippen molar-refractivity contribution in [2.24, 2.45) is 0 Å². The Morgan fingerprint density at radius 3 is 0.900 bits per heavy atom. The second-order valence-electron chi connectivity index (χ2n) is 20.2. The second kappa shape index (κ2) is 66.0. The first-order valence-corrected chi connectivity index (χ1v) is 31.8. The SMILES string of the molecule is CC/C=C\C/C=C\C/C=C\C/C=C\C/C=C\C/C=C\C/C=C\C/C=C\C/C=C\CCCCCC(=O)OCC(COC(=O)C/C=C\C/C=C\C/C=C\C/C=C\C/C=C\CC)OC(=O)CCCCCCC/C=C\CCCCCCCCC. The number of esters is 3. The Morgan fingerprint density at radius 1 is 0.275 bits per heavy atom. The van der Waals surface area contributed by atoms with Crippen molar-refractivity contribution in [1.82, 2.24) is 0 Å². The first kappa shape index (κ1) is 74.5. The van der Waals surface area contributed by atoms with E-state index in [-0.39, 0.29) is 38.0 Å². The number of carbonyl (C=O) groups excluding carboxylic acids is 3. The molecule has 446 valence electrons. The zero-order valence-electron chi connectivity index (χ0n) is 51.0. The minimum absolute atomic E-state index is 0.110. The van der Waals surface area contributed by atoms with Crippen molar-refractivity contribution in [3.8, 4) is 0 Å². The van der Waals surface area contributed by atoms with Gasteiger partial charge in [0.05, 0.1) is 6.42 Å². The average molecular weight is 1100 g/mol. The zero-order chi connectivity index (χ0) is 57.8. The van der Waals surface area contributed by atoms with E-state index in [1.54, 1.807) is 6.08 Å². The van der Waals surface area contributed by atoms with Crippen LogP contribution in [0, 0.1) is 0 Å². The van der Waals surface area contributed by atoms with Crippen molar-refractivity contribution in [1.29, 1.82) is 0 Å². The number of unbranched alkanes of at least 4 members (excludes halogenated alkanes) is 15. The molecule has 0 aliphatic carbocycles. The molecule has 0 bridgehead atoms. The minimum atomic E-state index is -0.847. The molecule has 0 aromatic heterocycles. The van der Waals surface area contributed by atoms with E-state index in [9.17, 15) is 14.4 Å². The predicted molar refractivity (Wildman–Crippen MR) is 348 cm³/mol. The standard InChI is InChI=1S/C74H114O6/c1-4-7-10-13-16-19-22-25-28-30-31-32-33-34-35-36-37-38-39-40-41-42-43-44-47-49-52-55-58-61-64-67-73(76)79-70-71(69-78-72(75)66-63-60-57-54-51-48-45-27-24-21-18-15-12-9-6-3)80-74(77)68-65-62-59-56-53-50-46-29-26-23-20-17-14-11-8-5-2/h7,9-10,12,16,18-19,21,25,27-29,31-32,34-35,37-38,40-41,43-46,49,51-52,54,60,63,71H,4-6,8,11,13-15,17,20,22-24,26,30,33,36,39,42,47-48,50,53,55-59,61-62,64-70H2,1-3H3/b10-7-,12-9-,19-16-,21-18-,28-25-,32-31-,35-34-,38-37-,41-40-,44-43-,45-27-,46-29-,52-49-,54-51-,63-60-. The minimum Gasteiger partial charge on any atom is -0.462 e. The van der Waals surface area contributed by atoms with Crippen LogP contribution in [-0.2, 0) is 28.6 Å².